The van der Waals surface area contributed by atoms with Crippen molar-refractivity contribution in [2.24, 2.45) is 5.92 Å². The van der Waals surface area contributed by atoms with E-state index in [1.54, 1.807) is 0 Å². The lowest BCUT2D eigenvalue weighted by Crippen LogP contribution is -2.10. The zero-order valence-electron chi connectivity index (χ0n) is 8.96. The third-order valence-electron chi connectivity index (χ3n) is 2.21. The van der Waals surface area contributed by atoms with Crippen molar-refractivity contribution < 1.29 is 0 Å². The Kier molecular flexibility index (Phi) is 3.53. The van der Waals surface area contributed by atoms with Crippen LogP contribution < -0.4 is 5.32 Å². The molecular formula is C12H16N2. The summed E-state index contributed by atoms with van der Waals surface area (Å²) in [6, 6.07) is 8.50. The molecule has 1 rings (SSSR count). The minimum Gasteiger partial charge on any atom is -0.384 e. The summed E-state index contributed by atoms with van der Waals surface area (Å²) >= 11 is 0. The van der Waals surface area contributed by atoms with Crippen molar-refractivity contribution in [1.29, 1.82) is 5.26 Å². The standard InChI is InChI=1S/C12H16N2/c1-9-4-5-11(3)12(6-9)14-8-10(2)7-13/h4-6,10,14H,8H2,1-3H3. The fourth-order valence-electron chi connectivity index (χ4n) is 1.23. The second kappa shape index (κ2) is 4.66. The van der Waals surface area contributed by atoms with Gasteiger partial charge in [-0.25, -0.2) is 0 Å². The smallest absolute Gasteiger partial charge is 0.0671 e. The molecule has 1 aromatic rings. The van der Waals surface area contributed by atoms with Gasteiger partial charge in [-0.05, 0) is 38.0 Å². The number of nitriles is 1. The lowest BCUT2D eigenvalue weighted by atomic mass is 10.1. The Morgan fingerprint density at radius 2 is 2.14 bits per heavy atom. The summed E-state index contributed by atoms with van der Waals surface area (Å²) in [6.07, 6.45) is 0. The van der Waals surface area contributed by atoms with Crippen LogP contribution in [0.25, 0.3) is 0 Å². The van der Waals surface area contributed by atoms with Crippen molar-refractivity contribution >= 4 is 5.69 Å². The summed E-state index contributed by atoms with van der Waals surface area (Å²) in [6.45, 7) is 6.76. The van der Waals surface area contributed by atoms with Gasteiger partial charge in [0, 0.05) is 12.2 Å². The van der Waals surface area contributed by atoms with E-state index in [1.807, 2.05) is 6.92 Å². The largest absolute Gasteiger partial charge is 0.384 e. The highest BCUT2D eigenvalue weighted by atomic mass is 14.9. The zero-order valence-corrected chi connectivity index (χ0v) is 8.96. The van der Waals surface area contributed by atoms with Gasteiger partial charge in [0.15, 0.2) is 0 Å². The molecule has 0 aromatic heterocycles. The first-order valence-corrected chi connectivity index (χ1v) is 4.84. The Hall–Kier alpha value is -1.49. The first-order chi connectivity index (χ1) is 6.63. The topological polar surface area (TPSA) is 35.8 Å². The van der Waals surface area contributed by atoms with Gasteiger partial charge in [-0.2, -0.15) is 5.26 Å². The van der Waals surface area contributed by atoms with E-state index < -0.39 is 0 Å². The van der Waals surface area contributed by atoms with Gasteiger partial charge in [-0.1, -0.05) is 12.1 Å². The average molecular weight is 188 g/mol. The summed E-state index contributed by atoms with van der Waals surface area (Å²) in [7, 11) is 0. The van der Waals surface area contributed by atoms with Crippen LogP contribution in [-0.2, 0) is 0 Å². The fourth-order valence-corrected chi connectivity index (χ4v) is 1.23. The number of anilines is 1. The highest BCUT2D eigenvalue weighted by Gasteiger charge is 2.01. The molecule has 14 heavy (non-hydrogen) atoms. The molecule has 1 atom stereocenters. The minimum absolute atomic E-state index is 0.0508. The molecule has 2 nitrogen and oxygen atoms in total. The van der Waals surface area contributed by atoms with Crippen LogP contribution in [0.2, 0.25) is 0 Å². The first-order valence-electron chi connectivity index (χ1n) is 4.84. The third-order valence-corrected chi connectivity index (χ3v) is 2.21. The molecule has 0 amide bonds. The van der Waals surface area contributed by atoms with E-state index in [0.717, 1.165) is 5.69 Å². The van der Waals surface area contributed by atoms with Crippen LogP contribution in [0.4, 0.5) is 5.69 Å². The average Bonchev–Trinajstić information content (AvgIpc) is 2.19. The molecule has 0 heterocycles. The molecule has 0 spiro atoms. The van der Waals surface area contributed by atoms with Crippen LogP contribution in [-0.4, -0.2) is 6.54 Å². The van der Waals surface area contributed by atoms with E-state index in [0.29, 0.717) is 6.54 Å². The fraction of sp³-hybridized carbons (Fsp3) is 0.417. The van der Waals surface area contributed by atoms with E-state index in [9.17, 15) is 0 Å². The molecule has 0 aliphatic rings. The lowest BCUT2D eigenvalue weighted by molar-refractivity contribution is 0.785. The quantitative estimate of drug-likeness (QED) is 0.791. The Balaban J connectivity index is 2.67. The molecule has 1 unspecified atom stereocenters. The lowest BCUT2D eigenvalue weighted by Gasteiger charge is -2.11. The molecular weight excluding hydrogens is 172 g/mol. The molecule has 0 bridgehead atoms. The summed E-state index contributed by atoms with van der Waals surface area (Å²) in [5.41, 5.74) is 3.59. The van der Waals surface area contributed by atoms with Crippen LogP contribution in [0.15, 0.2) is 18.2 Å². The van der Waals surface area contributed by atoms with Crippen molar-refractivity contribution in [3.8, 4) is 6.07 Å². The van der Waals surface area contributed by atoms with E-state index in [1.165, 1.54) is 11.1 Å². The highest BCUT2D eigenvalue weighted by Crippen LogP contribution is 2.16. The van der Waals surface area contributed by atoms with Crippen LogP contribution in [0.3, 0.4) is 0 Å². The zero-order chi connectivity index (χ0) is 10.6. The Morgan fingerprint density at radius 1 is 1.43 bits per heavy atom. The Morgan fingerprint density at radius 3 is 2.79 bits per heavy atom. The molecule has 0 saturated heterocycles. The highest BCUT2D eigenvalue weighted by molar-refractivity contribution is 5.52. The normalized spacial score (nSPS) is 11.9. The van der Waals surface area contributed by atoms with Gasteiger partial charge in [-0.15, -0.1) is 0 Å². The monoisotopic (exact) mass is 188 g/mol. The third kappa shape index (κ3) is 2.77. The Bertz CT molecular complexity index is 350. The number of nitrogens with one attached hydrogen (secondary N) is 1. The summed E-state index contributed by atoms with van der Waals surface area (Å²) in [4.78, 5) is 0. The van der Waals surface area contributed by atoms with Crippen molar-refractivity contribution in [3.63, 3.8) is 0 Å². The molecule has 0 aliphatic heterocycles. The van der Waals surface area contributed by atoms with Crippen LogP contribution >= 0.6 is 0 Å². The number of hydrogen-bond donors (Lipinski definition) is 1. The number of aryl methyl sites for hydroxylation is 2. The SMILES string of the molecule is Cc1ccc(C)c(NCC(C)C#N)c1. The molecule has 0 radical (unpaired) electrons. The summed E-state index contributed by atoms with van der Waals surface area (Å²) < 4.78 is 0. The minimum atomic E-state index is 0.0508. The number of benzene rings is 1. The van der Waals surface area contributed by atoms with E-state index >= 15 is 0 Å². The second-order valence-electron chi connectivity index (χ2n) is 3.73. The van der Waals surface area contributed by atoms with Gasteiger partial charge < -0.3 is 5.32 Å². The molecule has 0 aliphatic carbocycles. The Labute approximate surface area is 85.6 Å². The molecule has 2 heteroatoms. The predicted octanol–water partition coefficient (Wildman–Crippen LogP) is 2.88. The number of nitrogens with zero attached hydrogens (tertiary/aromatic N) is 1. The molecule has 1 N–H and O–H groups in total. The van der Waals surface area contributed by atoms with E-state index in [2.05, 4.69) is 43.4 Å². The van der Waals surface area contributed by atoms with Gasteiger partial charge in [-0.3, -0.25) is 0 Å². The second-order valence-corrected chi connectivity index (χ2v) is 3.73. The number of hydrogen-bond acceptors (Lipinski definition) is 2. The van der Waals surface area contributed by atoms with Gasteiger partial charge in [0.2, 0.25) is 0 Å². The molecule has 1 aromatic carbocycles. The molecule has 0 saturated carbocycles. The molecule has 0 fully saturated rings. The maximum atomic E-state index is 8.65. The maximum absolute atomic E-state index is 8.65. The van der Waals surface area contributed by atoms with Gasteiger partial charge in [0.05, 0.1) is 12.0 Å². The van der Waals surface area contributed by atoms with Crippen molar-refractivity contribution in [2.75, 3.05) is 11.9 Å². The predicted molar refractivity (Wildman–Crippen MR) is 59.2 cm³/mol. The molecule has 74 valence electrons. The van der Waals surface area contributed by atoms with Crippen LogP contribution in [0.5, 0.6) is 0 Å². The number of rotatable bonds is 3. The summed E-state index contributed by atoms with van der Waals surface area (Å²) in [5.74, 6) is 0.0508. The van der Waals surface area contributed by atoms with Crippen LogP contribution in [0, 0.1) is 31.1 Å². The van der Waals surface area contributed by atoms with E-state index in [4.69, 9.17) is 5.26 Å². The van der Waals surface area contributed by atoms with E-state index in [-0.39, 0.29) is 5.92 Å². The maximum Gasteiger partial charge on any atom is 0.0671 e. The van der Waals surface area contributed by atoms with Crippen molar-refractivity contribution in [1.82, 2.24) is 0 Å². The summed E-state index contributed by atoms with van der Waals surface area (Å²) in [5, 5.41) is 11.9. The van der Waals surface area contributed by atoms with Crippen LogP contribution in [0.1, 0.15) is 18.1 Å². The van der Waals surface area contributed by atoms with Crippen molar-refractivity contribution in [3.05, 3.63) is 29.3 Å². The van der Waals surface area contributed by atoms with Gasteiger partial charge in [0.25, 0.3) is 0 Å². The van der Waals surface area contributed by atoms with Gasteiger partial charge >= 0.3 is 0 Å². The van der Waals surface area contributed by atoms with Crippen molar-refractivity contribution in [2.45, 2.75) is 20.8 Å². The van der Waals surface area contributed by atoms with Gasteiger partial charge in [0.1, 0.15) is 0 Å². The first kappa shape index (κ1) is 10.6.